The van der Waals surface area contributed by atoms with Gasteiger partial charge in [-0.05, 0) is 17.7 Å². The Bertz CT molecular complexity index is 677. The molecule has 0 saturated carbocycles. The summed E-state index contributed by atoms with van der Waals surface area (Å²) in [6, 6.07) is 8.64. The van der Waals surface area contributed by atoms with Crippen molar-refractivity contribution in [2.24, 2.45) is 0 Å². The Labute approximate surface area is 147 Å². The Balaban J connectivity index is 1.69. The molecule has 0 aromatic heterocycles. The van der Waals surface area contributed by atoms with E-state index in [1.807, 2.05) is 6.07 Å². The van der Waals surface area contributed by atoms with Crippen LogP contribution in [0.5, 0.6) is 0 Å². The van der Waals surface area contributed by atoms with Gasteiger partial charge in [-0.15, -0.1) is 5.06 Å². The van der Waals surface area contributed by atoms with Gasteiger partial charge in [-0.2, -0.15) is 18.4 Å². The molecule has 26 heavy (non-hydrogen) atoms. The standard InChI is InChI=1S/C16H16F3N3O4/c17-16(18,19)14(23)26-22-7-5-13(6-8-22)25-15(24)21-10-12-3-1-11(9-20)2-4-12/h1-4,13H,5-8,10H2,(H,21,24). The van der Waals surface area contributed by atoms with Gasteiger partial charge in [0.2, 0.25) is 0 Å². The lowest BCUT2D eigenvalue weighted by Crippen LogP contribution is -2.42. The minimum atomic E-state index is -5.04. The number of nitrogens with zero attached hydrogens (tertiary/aromatic N) is 2. The summed E-state index contributed by atoms with van der Waals surface area (Å²) in [6.45, 7) is 0.289. The Hall–Kier alpha value is -2.80. The number of nitriles is 1. The van der Waals surface area contributed by atoms with Crippen molar-refractivity contribution in [1.29, 1.82) is 5.26 Å². The summed E-state index contributed by atoms with van der Waals surface area (Å²) in [6.07, 6.45) is -5.68. The van der Waals surface area contributed by atoms with Gasteiger partial charge in [0.15, 0.2) is 0 Å². The molecule has 0 bridgehead atoms. The number of piperidine rings is 1. The highest BCUT2D eigenvalue weighted by molar-refractivity contribution is 5.75. The van der Waals surface area contributed by atoms with Gasteiger partial charge in [-0.3, -0.25) is 0 Å². The van der Waals surface area contributed by atoms with E-state index in [0.717, 1.165) is 10.6 Å². The summed E-state index contributed by atoms with van der Waals surface area (Å²) in [5, 5.41) is 12.2. The molecule has 1 N–H and O–H groups in total. The van der Waals surface area contributed by atoms with Gasteiger partial charge in [-0.25, -0.2) is 9.59 Å². The number of carbonyl (C=O) groups excluding carboxylic acids is 2. The highest BCUT2D eigenvalue weighted by Crippen LogP contribution is 2.20. The van der Waals surface area contributed by atoms with Crippen LogP contribution in [0.3, 0.4) is 0 Å². The van der Waals surface area contributed by atoms with Gasteiger partial charge >= 0.3 is 18.2 Å². The van der Waals surface area contributed by atoms with Crippen molar-refractivity contribution in [3.05, 3.63) is 35.4 Å². The van der Waals surface area contributed by atoms with Crippen LogP contribution < -0.4 is 5.32 Å². The summed E-state index contributed by atoms with van der Waals surface area (Å²) in [7, 11) is 0. The van der Waals surface area contributed by atoms with Crippen molar-refractivity contribution in [2.75, 3.05) is 13.1 Å². The van der Waals surface area contributed by atoms with Gasteiger partial charge < -0.3 is 14.9 Å². The van der Waals surface area contributed by atoms with Crippen LogP contribution in [0.1, 0.15) is 24.0 Å². The van der Waals surface area contributed by atoms with Gasteiger partial charge in [0.05, 0.1) is 11.6 Å². The largest absolute Gasteiger partial charge is 0.492 e. The van der Waals surface area contributed by atoms with Crippen molar-refractivity contribution in [3.8, 4) is 6.07 Å². The number of nitrogens with one attached hydrogen (secondary N) is 1. The molecule has 1 amide bonds. The molecule has 7 nitrogen and oxygen atoms in total. The van der Waals surface area contributed by atoms with E-state index in [9.17, 15) is 22.8 Å². The molecule has 0 unspecified atom stereocenters. The molecule has 0 atom stereocenters. The first-order valence-corrected chi connectivity index (χ1v) is 7.75. The summed E-state index contributed by atoms with van der Waals surface area (Å²) < 4.78 is 41.6. The second-order valence-corrected chi connectivity index (χ2v) is 5.57. The highest BCUT2D eigenvalue weighted by atomic mass is 19.4. The van der Waals surface area contributed by atoms with Crippen LogP contribution in [0, 0.1) is 11.3 Å². The molecule has 1 aliphatic heterocycles. The maximum atomic E-state index is 12.1. The van der Waals surface area contributed by atoms with Crippen LogP contribution in [0.4, 0.5) is 18.0 Å². The average molecular weight is 371 g/mol. The Morgan fingerprint density at radius 3 is 2.38 bits per heavy atom. The summed E-state index contributed by atoms with van der Waals surface area (Å²) in [4.78, 5) is 26.7. The van der Waals surface area contributed by atoms with E-state index in [2.05, 4.69) is 10.2 Å². The predicted molar refractivity (Wildman–Crippen MR) is 81.2 cm³/mol. The van der Waals surface area contributed by atoms with Crippen LogP contribution in [0.15, 0.2) is 24.3 Å². The fourth-order valence-electron chi connectivity index (χ4n) is 2.27. The SMILES string of the molecule is N#Cc1ccc(CNC(=O)OC2CCN(OC(=O)C(F)(F)F)CC2)cc1. The third kappa shape index (κ3) is 5.93. The maximum absolute atomic E-state index is 12.1. The van der Waals surface area contributed by atoms with E-state index < -0.39 is 24.3 Å². The van der Waals surface area contributed by atoms with Crippen LogP contribution >= 0.6 is 0 Å². The van der Waals surface area contributed by atoms with Gasteiger partial charge in [0, 0.05) is 32.5 Å². The lowest BCUT2D eigenvalue weighted by atomic mass is 10.1. The minimum absolute atomic E-state index is 0.0371. The fourth-order valence-corrected chi connectivity index (χ4v) is 2.27. The minimum Gasteiger partial charge on any atom is -0.446 e. The molecule has 1 aromatic rings. The summed E-state index contributed by atoms with van der Waals surface area (Å²) >= 11 is 0. The molecule has 0 radical (unpaired) electrons. The molecule has 0 aliphatic carbocycles. The molecular weight excluding hydrogens is 355 g/mol. The van der Waals surface area contributed by atoms with E-state index >= 15 is 0 Å². The number of hydroxylamine groups is 2. The van der Waals surface area contributed by atoms with Crippen LogP contribution in [-0.2, 0) is 20.9 Å². The molecule has 140 valence electrons. The Kier molecular flexibility index (Phi) is 6.41. The molecule has 1 heterocycles. The quantitative estimate of drug-likeness (QED) is 0.873. The Morgan fingerprint density at radius 1 is 1.23 bits per heavy atom. The molecule has 1 fully saturated rings. The highest BCUT2D eigenvalue weighted by Gasteiger charge is 2.43. The van der Waals surface area contributed by atoms with Crippen molar-refractivity contribution in [2.45, 2.75) is 31.7 Å². The number of benzene rings is 1. The third-order valence-electron chi connectivity index (χ3n) is 3.64. The molecule has 10 heteroatoms. The number of rotatable bonds is 4. The maximum Gasteiger partial charge on any atom is 0.492 e. The zero-order valence-corrected chi connectivity index (χ0v) is 13.6. The Morgan fingerprint density at radius 2 is 1.85 bits per heavy atom. The number of alkyl halides is 3. The number of ether oxygens (including phenoxy) is 1. The summed E-state index contributed by atoms with van der Waals surface area (Å²) in [5.74, 6) is -2.27. The lowest BCUT2D eigenvalue weighted by Gasteiger charge is -2.30. The van der Waals surface area contributed by atoms with Crippen molar-refractivity contribution in [1.82, 2.24) is 10.4 Å². The van der Waals surface area contributed by atoms with Crippen molar-refractivity contribution < 1.29 is 32.3 Å². The molecular formula is C16H16F3N3O4. The first-order chi connectivity index (χ1) is 12.3. The second-order valence-electron chi connectivity index (χ2n) is 5.57. The molecule has 1 saturated heterocycles. The normalized spacial score (nSPS) is 15.8. The molecule has 1 aromatic carbocycles. The summed E-state index contributed by atoms with van der Waals surface area (Å²) in [5.41, 5.74) is 1.30. The van der Waals surface area contributed by atoms with E-state index in [1.54, 1.807) is 24.3 Å². The molecule has 2 rings (SSSR count). The lowest BCUT2D eigenvalue weighted by molar-refractivity contribution is -0.243. The monoisotopic (exact) mass is 371 g/mol. The van der Waals surface area contributed by atoms with Crippen LogP contribution in [0.2, 0.25) is 0 Å². The molecule has 1 aliphatic rings. The van der Waals surface area contributed by atoms with E-state index in [4.69, 9.17) is 10.00 Å². The third-order valence-corrected chi connectivity index (χ3v) is 3.64. The zero-order chi connectivity index (χ0) is 19.2. The first kappa shape index (κ1) is 19.5. The van der Waals surface area contributed by atoms with Crippen LogP contribution in [-0.4, -0.2) is 42.5 Å². The van der Waals surface area contributed by atoms with Gasteiger partial charge in [-0.1, -0.05) is 12.1 Å². The van der Waals surface area contributed by atoms with E-state index in [-0.39, 0.29) is 32.5 Å². The van der Waals surface area contributed by atoms with E-state index in [1.165, 1.54) is 0 Å². The first-order valence-electron chi connectivity index (χ1n) is 7.75. The number of carbonyl (C=O) groups is 2. The van der Waals surface area contributed by atoms with Crippen molar-refractivity contribution in [3.63, 3.8) is 0 Å². The average Bonchev–Trinajstić information content (AvgIpc) is 2.61. The van der Waals surface area contributed by atoms with Crippen LogP contribution in [0.25, 0.3) is 0 Å². The van der Waals surface area contributed by atoms with E-state index in [0.29, 0.717) is 5.56 Å². The predicted octanol–water partition coefficient (Wildman–Crippen LogP) is 2.27. The van der Waals surface area contributed by atoms with Gasteiger partial charge in [0.1, 0.15) is 6.10 Å². The smallest absolute Gasteiger partial charge is 0.446 e. The van der Waals surface area contributed by atoms with Crippen molar-refractivity contribution >= 4 is 12.1 Å². The fraction of sp³-hybridized carbons (Fsp3) is 0.438. The van der Waals surface area contributed by atoms with Gasteiger partial charge in [0.25, 0.3) is 0 Å². The number of alkyl carbamates (subject to hydrolysis) is 1. The number of amides is 1. The zero-order valence-electron chi connectivity index (χ0n) is 13.6. The molecule has 0 spiro atoms. The number of hydrogen-bond acceptors (Lipinski definition) is 6. The second kappa shape index (κ2) is 8.53. The number of hydrogen-bond donors (Lipinski definition) is 1. The number of halogens is 3. The topological polar surface area (TPSA) is 91.7 Å².